The molecule has 1 heterocycles. The predicted molar refractivity (Wildman–Crippen MR) is 62.4 cm³/mol. The van der Waals surface area contributed by atoms with Gasteiger partial charge in [-0.3, -0.25) is 0 Å². The number of piperidine rings is 1. The van der Waals surface area contributed by atoms with Gasteiger partial charge in [-0.15, -0.1) is 0 Å². The van der Waals surface area contributed by atoms with E-state index in [1.54, 1.807) is 12.1 Å². The Morgan fingerprint density at radius 2 is 1.81 bits per heavy atom. The molecular formula is C12H19FN2O. The summed E-state index contributed by atoms with van der Waals surface area (Å²) < 4.78 is 12.2. The van der Waals surface area contributed by atoms with E-state index in [1.807, 2.05) is 0 Å². The molecule has 3 nitrogen and oxygen atoms in total. The van der Waals surface area contributed by atoms with Crippen LogP contribution in [-0.2, 0) is 6.54 Å². The van der Waals surface area contributed by atoms with E-state index in [4.69, 9.17) is 10.8 Å². The minimum atomic E-state index is -0.216. The number of aliphatic hydroxyl groups is 1. The molecule has 1 aliphatic heterocycles. The Bertz CT molecular complexity index is 284. The van der Waals surface area contributed by atoms with Crippen LogP contribution in [0.4, 0.5) is 4.39 Å². The van der Waals surface area contributed by atoms with Crippen LogP contribution in [0, 0.1) is 5.82 Å². The van der Waals surface area contributed by atoms with E-state index in [0.717, 1.165) is 31.5 Å². The summed E-state index contributed by atoms with van der Waals surface area (Å²) in [7, 11) is 0. The average molecular weight is 226 g/mol. The minimum Gasteiger partial charge on any atom is -0.393 e. The third kappa shape index (κ3) is 5.21. The van der Waals surface area contributed by atoms with Crippen molar-refractivity contribution in [2.45, 2.75) is 25.5 Å². The fraction of sp³-hybridized carbons (Fsp3) is 0.500. The fourth-order valence-corrected chi connectivity index (χ4v) is 1.43. The molecule has 1 aromatic carbocycles. The van der Waals surface area contributed by atoms with Gasteiger partial charge in [0.05, 0.1) is 6.10 Å². The molecule has 0 aromatic heterocycles. The lowest BCUT2D eigenvalue weighted by atomic mass is 10.1. The van der Waals surface area contributed by atoms with E-state index in [9.17, 15) is 4.39 Å². The third-order valence-corrected chi connectivity index (χ3v) is 2.46. The molecule has 0 aliphatic carbocycles. The summed E-state index contributed by atoms with van der Waals surface area (Å²) >= 11 is 0. The zero-order valence-electron chi connectivity index (χ0n) is 9.32. The molecule has 0 unspecified atom stereocenters. The van der Waals surface area contributed by atoms with Crippen molar-refractivity contribution in [3.05, 3.63) is 35.6 Å². The number of hydrogen-bond acceptors (Lipinski definition) is 3. The molecule has 0 radical (unpaired) electrons. The molecule has 0 saturated carbocycles. The standard InChI is InChI=1S/C7H8FN.C5H11NO/c8-7-3-1-6(5-9)2-4-7;7-5-1-3-6-4-2-5/h1-4H,5,9H2;5-7H,1-4H2. The van der Waals surface area contributed by atoms with E-state index >= 15 is 0 Å². The zero-order valence-corrected chi connectivity index (χ0v) is 9.32. The Hall–Kier alpha value is -0.970. The number of nitrogens with one attached hydrogen (secondary N) is 1. The first-order chi connectivity index (χ1) is 7.72. The lowest BCUT2D eigenvalue weighted by Crippen LogP contribution is -2.30. The van der Waals surface area contributed by atoms with Gasteiger partial charge in [0.2, 0.25) is 0 Å². The highest BCUT2D eigenvalue weighted by Crippen LogP contribution is 2.00. The lowest BCUT2D eigenvalue weighted by Gasteiger charge is -2.16. The fourth-order valence-electron chi connectivity index (χ4n) is 1.43. The highest BCUT2D eigenvalue weighted by atomic mass is 19.1. The molecular weight excluding hydrogens is 207 g/mol. The van der Waals surface area contributed by atoms with Crippen molar-refractivity contribution in [3.63, 3.8) is 0 Å². The zero-order chi connectivity index (χ0) is 11.8. The van der Waals surface area contributed by atoms with Crippen molar-refractivity contribution in [1.29, 1.82) is 0 Å². The summed E-state index contributed by atoms with van der Waals surface area (Å²) in [6, 6.07) is 6.16. The highest BCUT2D eigenvalue weighted by molar-refractivity contribution is 5.15. The Balaban J connectivity index is 0.000000165. The van der Waals surface area contributed by atoms with E-state index in [1.165, 1.54) is 12.1 Å². The molecule has 4 heteroatoms. The Kier molecular flexibility index (Phi) is 6.00. The molecule has 0 bridgehead atoms. The van der Waals surface area contributed by atoms with Gasteiger partial charge in [0.15, 0.2) is 0 Å². The van der Waals surface area contributed by atoms with Crippen LogP contribution < -0.4 is 11.1 Å². The summed E-state index contributed by atoms with van der Waals surface area (Å²) in [4.78, 5) is 0. The number of rotatable bonds is 1. The number of aliphatic hydroxyl groups excluding tert-OH is 1. The van der Waals surface area contributed by atoms with Crippen molar-refractivity contribution >= 4 is 0 Å². The van der Waals surface area contributed by atoms with E-state index in [2.05, 4.69) is 5.32 Å². The Morgan fingerprint density at radius 3 is 2.19 bits per heavy atom. The summed E-state index contributed by atoms with van der Waals surface area (Å²) in [5.41, 5.74) is 6.23. The second-order valence-electron chi connectivity index (χ2n) is 3.81. The maximum atomic E-state index is 12.2. The molecule has 1 saturated heterocycles. The van der Waals surface area contributed by atoms with Crippen molar-refractivity contribution in [2.75, 3.05) is 13.1 Å². The van der Waals surface area contributed by atoms with Crippen molar-refractivity contribution in [2.24, 2.45) is 5.73 Å². The van der Waals surface area contributed by atoms with Gasteiger partial charge in [-0.05, 0) is 43.6 Å². The van der Waals surface area contributed by atoms with E-state index in [-0.39, 0.29) is 11.9 Å². The first-order valence-electron chi connectivity index (χ1n) is 5.55. The van der Waals surface area contributed by atoms with Crippen LogP contribution in [-0.4, -0.2) is 24.3 Å². The van der Waals surface area contributed by atoms with Crippen LogP contribution >= 0.6 is 0 Å². The van der Waals surface area contributed by atoms with Crippen LogP contribution in [0.15, 0.2) is 24.3 Å². The van der Waals surface area contributed by atoms with Crippen LogP contribution in [0.3, 0.4) is 0 Å². The summed E-state index contributed by atoms with van der Waals surface area (Å²) in [6.45, 7) is 2.45. The Morgan fingerprint density at radius 1 is 1.25 bits per heavy atom. The molecule has 1 aromatic rings. The average Bonchev–Trinajstić information content (AvgIpc) is 2.32. The maximum absolute atomic E-state index is 12.2. The number of halogens is 1. The van der Waals surface area contributed by atoms with Gasteiger partial charge < -0.3 is 16.2 Å². The van der Waals surface area contributed by atoms with Crippen LogP contribution in [0.1, 0.15) is 18.4 Å². The van der Waals surface area contributed by atoms with Crippen LogP contribution in [0.2, 0.25) is 0 Å². The van der Waals surface area contributed by atoms with Gasteiger partial charge in [-0.2, -0.15) is 0 Å². The summed E-state index contributed by atoms with van der Waals surface area (Å²) in [6.07, 6.45) is 1.83. The van der Waals surface area contributed by atoms with Gasteiger partial charge in [-0.25, -0.2) is 4.39 Å². The molecule has 16 heavy (non-hydrogen) atoms. The number of nitrogens with two attached hydrogens (primary N) is 1. The van der Waals surface area contributed by atoms with Gasteiger partial charge in [0, 0.05) is 6.54 Å². The van der Waals surface area contributed by atoms with Gasteiger partial charge in [-0.1, -0.05) is 12.1 Å². The largest absolute Gasteiger partial charge is 0.393 e. The number of benzene rings is 1. The van der Waals surface area contributed by atoms with Crippen LogP contribution in [0.5, 0.6) is 0 Å². The molecule has 1 fully saturated rings. The lowest BCUT2D eigenvalue weighted by molar-refractivity contribution is 0.137. The molecule has 2 rings (SSSR count). The smallest absolute Gasteiger partial charge is 0.123 e. The molecule has 1 aliphatic rings. The monoisotopic (exact) mass is 226 g/mol. The number of hydrogen-bond donors (Lipinski definition) is 3. The van der Waals surface area contributed by atoms with Crippen LogP contribution in [0.25, 0.3) is 0 Å². The van der Waals surface area contributed by atoms with Crippen molar-refractivity contribution < 1.29 is 9.50 Å². The van der Waals surface area contributed by atoms with Crippen molar-refractivity contribution in [3.8, 4) is 0 Å². The maximum Gasteiger partial charge on any atom is 0.123 e. The second kappa shape index (κ2) is 7.33. The Labute approximate surface area is 95.5 Å². The van der Waals surface area contributed by atoms with Gasteiger partial charge >= 0.3 is 0 Å². The third-order valence-electron chi connectivity index (χ3n) is 2.46. The first-order valence-corrected chi connectivity index (χ1v) is 5.55. The van der Waals surface area contributed by atoms with Crippen molar-refractivity contribution in [1.82, 2.24) is 5.32 Å². The first kappa shape index (κ1) is 13.1. The van der Waals surface area contributed by atoms with Gasteiger partial charge in [0.1, 0.15) is 5.82 Å². The second-order valence-corrected chi connectivity index (χ2v) is 3.81. The quantitative estimate of drug-likeness (QED) is 0.670. The molecule has 90 valence electrons. The predicted octanol–water partition coefficient (Wildman–Crippen LogP) is 1.02. The topological polar surface area (TPSA) is 58.3 Å². The molecule has 0 amide bonds. The highest BCUT2D eigenvalue weighted by Gasteiger charge is 2.06. The molecule has 0 atom stereocenters. The van der Waals surface area contributed by atoms with E-state index in [0.29, 0.717) is 6.54 Å². The van der Waals surface area contributed by atoms with Gasteiger partial charge in [0.25, 0.3) is 0 Å². The molecule has 4 N–H and O–H groups in total. The van der Waals surface area contributed by atoms with E-state index < -0.39 is 0 Å². The SMILES string of the molecule is NCc1ccc(F)cc1.OC1CCNCC1. The summed E-state index contributed by atoms with van der Waals surface area (Å²) in [5, 5.41) is 12.0. The minimum absolute atomic E-state index is 0.0266. The molecule has 0 spiro atoms. The summed E-state index contributed by atoms with van der Waals surface area (Å²) in [5.74, 6) is -0.216. The normalized spacial score (nSPS) is 16.4.